The van der Waals surface area contributed by atoms with Crippen LogP contribution in [0.15, 0.2) is 48.6 Å². The number of esters is 1. The Labute approximate surface area is 280 Å². The van der Waals surface area contributed by atoms with E-state index in [-0.39, 0.29) is 19.2 Å². The summed E-state index contributed by atoms with van der Waals surface area (Å²) in [5.74, 6) is -0.211. The smallest absolute Gasteiger partial charge is 0.306 e. The van der Waals surface area contributed by atoms with Crippen molar-refractivity contribution in [2.75, 3.05) is 19.8 Å². The summed E-state index contributed by atoms with van der Waals surface area (Å²) in [6.45, 7) is 5.23. The number of hydrogen-bond donors (Lipinski definition) is 1. The van der Waals surface area contributed by atoms with Crippen molar-refractivity contribution in [3.63, 3.8) is 0 Å². The van der Waals surface area contributed by atoms with Crippen LogP contribution in [0.2, 0.25) is 0 Å². The summed E-state index contributed by atoms with van der Waals surface area (Å²) >= 11 is 0. The molecule has 0 saturated heterocycles. The molecule has 0 saturated carbocycles. The first kappa shape index (κ1) is 43.4. The summed E-state index contributed by atoms with van der Waals surface area (Å²) < 4.78 is 11.1. The maximum Gasteiger partial charge on any atom is 0.306 e. The van der Waals surface area contributed by atoms with E-state index in [1.807, 2.05) is 0 Å². The minimum Gasteiger partial charge on any atom is -0.457 e. The first-order valence-corrected chi connectivity index (χ1v) is 19.2. The quantitative estimate of drug-likeness (QED) is 0.0430. The van der Waals surface area contributed by atoms with Crippen molar-refractivity contribution in [1.29, 1.82) is 0 Å². The van der Waals surface area contributed by atoms with Gasteiger partial charge in [-0.25, -0.2) is 0 Å². The maximum absolute atomic E-state index is 12.2. The van der Waals surface area contributed by atoms with Gasteiger partial charge in [0.15, 0.2) is 0 Å². The molecule has 0 bridgehead atoms. The predicted molar refractivity (Wildman–Crippen MR) is 196 cm³/mol. The molecule has 0 fully saturated rings. The third kappa shape index (κ3) is 36.7. The van der Waals surface area contributed by atoms with Crippen molar-refractivity contribution in [2.24, 2.45) is 0 Å². The van der Waals surface area contributed by atoms with Gasteiger partial charge in [0.1, 0.15) is 6.10 Å². The van der Waals surface area contributed by atoms with Gasteiger partial charge in [-0.1, -0.05) is 152 Å². The Bertz CT molecular complexity index is 708. The third-order valence-corrected chi connectivity index (χ3v) is 8.11. The standard InChI is InChI=1S/C41H74O4/c1-3-5-7-9-11-13-15-17-19-20-21-22-23-24-26-28-30-32-34-36-41(43)45-40(38-42)39-44-37-35-33-31-29-27-25-18-16-14-12-10-8-6-4-2/h8,10-11,13-14,16-17,19,40,42H,3-7,9,12,15,18,20-39H2,1-2H3/b10-8-,13-11-,16-14-,19-17-. The lowest BCUT2D eigenvalue weighted by atomic mass is 10.1. The molecule has 4 heteroatoms. The average molecular weight is 631 g/mol. The topological polar surface area (TPSA) is 55.8 Å². The average Bonchev–Trinajstić information content (AvgIpc) is 3.05. The zero-order chi connectivity index (χ0) is 32.7. The zero-order valence-corrected chi connectivity index (χ0v) is 29.9. The molecule has 0 rings (SSSR count). The Morgan fingerprint density at radius 2 is 0.978 bits per heavy atom. The minimum atomic E-state index is -0.541. The maximum atomic E-state index is 12.2. The summed E-state index contributed by atoms with van der Waals surface area (Å²) in [5, 5.41) is 9.56. The van der Waals surface area contributed by atoms with Crippen molar-refractivity contribution in [3.05, 3.63) is 48.6 Å². The number of carbonyl (C=O) groups excluding carboxylic acids is 1. The SMILES string of the molecule is CCC/C=C\C/C=C\CCCCCCCCOCC(CO)OC(=O)CCCCCCCCCCC/C=C\C/C=C\CCCCC. The van der Waals surface area contributed by atoms with Gasteiger partial charge in [0.2, 0.25) is 0 Å². The zero-order valence-electron chi connectivity index (χ0n) is 29.9. The van der Waals surface area contributed by atoms with Gasteiger partial charge in [-0.2, -0.15) is 0 Å². The highest BCUT2D eigenvalue weighted by Crippen LogP contribution is 2.13. The number of carbonyl (C=O) groups is 1. The molecule has 0 aliphatic rings. The molecule has 0 radical (unpaired) electrons. The van der Waals surface area contributed by atoms with E-state index in [4.69, 9.17) is 9.47 Å². The summed E-state index contributed by atoms with van der Waals surface area (Å²) in [5.41, 5.74) is 0. The molecule has 1 N–H and O–H groups in total. The molecule has 0 aromatic heterocycles. The largest absolute Gasteiger partial charge is 0.457 e. The Hall–Kier alpha value is -1.65. The minimum absolute atomic E-state index is 0.179. The molecule has 0 spiro atoms. The molecular formula is C41H74O4. The van der Waals surface area contributed by atoms with Gasteiger partial charge < -0.3 is 14.6 Å². The van der Waals surface area contributed by atoms with Crippen LogP contribution in [-0.2, 0) is 14.3 Å². The van der Waals surface area contributed by atoms with Crippen LogP contribution in [0.3, 0.4) is 0 Å². The van der Waals surface area contributed by atoms with E-state index in [0.29, 0.717) is 13.0 Å². The lowest BCUT2D eigenvalue weighted by Gasteiger charge is -2.15. The van der Waals surface area contributed by atoms with E-state index in [2.05, 4.69) is 62.5 Å². The molecule has 0 aliphatic heterocycles. The van der Waals surface area contributed by atoms with E-state index < -0.39 is 6.10 Å². The Balaban J connectivity index is 3.46. The van der Waals surface area contributed by atoms with Crippen LogP contribution in [-0.4, -0.2) is 37.0 Å². The van der Waals surface area contributed by atoms with Crippen molar-refractivity contribution in [3.8, 4) is 0 Å². The van der Waals surface area contributed by atoms with Crippen molar-refractivity contribution in [2.45, 2.75) is 187 Å². The summed E-state index contributed by atoms with van der Waals surface area (Å²) in [7, 11) is 0. The monoisotopic (exact) mass is 631 g/mol. The predicted octanol–water partition coefficient (Wildman–Crippen LogP) is 12.3. The fourth-order valence-corrected chi connectivity index (χ4v) is 5.22. The van der Waals surface area contributed by atoms with E-state index >= 15 is 0 Å². The molecule has 1 unspecified atom stereocenters. The van der Waals surface area contributed by atoms with Crippen LogP contribution in [0.25, 0.3) is 0 Å². The molecule has 0 amide bonds. The first-order chi connectivity index (χ1) is 22.2. The molecule has 0 aliphatic carbocycles. The van der Waals surface area contributed by atoms with Crippen LogP contribution >= 0.6 is 0 Å². The van der Waals surface area contributed by atoms with Crippen LogP contribution in [0, 0.1) is 0 Å². The van der Waals surface area contributed by atoms with E-state index in [1.165, 1.54) is 122 Å². The van der Waals surface area contributed by atoms with Crippen molar-refractivity contribution in [1.82, 2.24) is 0 Å². The van der Waals surface area contributed by atoms with Gasteiger partial charge in [-0.15, -0.1) is 0 Å². The number of unbranched alkanes of at least 4 members (excludes halogenated alkanes) is 19. The molecular weight excluding hydrogens is 556 g/mol. The second-order valence-electron chi connectivity index (χ2n) is 12.6. The number of aliphatic hydroxyl groups excluding tert-OH is 1. The molecule has 45 heavy (non-hydrogen) atoms. The second kappa shape index (κ2) is 38.5. The lowest BCUT2D eigenvalue weighted by Crippen LogP contribution is -2.27. The fourth-order valence-electron chi connectivity index (χ4n) is 5.22. The second-order valence-corrected chi connectivity index (χ2v) is 12.6. The highest BCUT2D eigenvalue weighted by molar-refractivity contribution is 5.69. The molecule has 1 atom stereocenters. The molecule has 0 aromatic rings. The van der Waals surface area contributed by atoms with Crippen molar-refractivity contribution < 1.29 is 19.4 Å². The first-order valence-electron chi connectivity index (χ1n) is 19.2. The lowest BCUT2D eigenvalue weighted by molar-refractivity contribution is -0.154. The van der Waals surface area contributed by atoms with Gasteiger partial charge in [0.25, 0.3) is 0 Å². The molecule has 262 valence electrons. The number of hydrogen-bond acceptors (Lipinski definition) is 4. The Kier molecular flexibility index (Phi) is 37.1. The Morgan fingerprint density at radius 3 is 1.47 bits per heavy atom. The van der Waals surface area contributed by atoms with E-state index in [9.17, 15) is 9.90 Å². The van der Waals surface area contributed by atoms with E-state index in [0.717, 1.165) is 38.5 Å². The molecule has 0 aromatic carbocycles. The van der Waals surface area contributed by atoms with Gasteiger partial charge >= 0.3 is 5.97 Å². The van der Waals surface area contributed by atoms with Crippen LogP contribution in [0.4, 0.5) is 0 Å². The van der Waals surface area contributed by atoms with Crippen LogP contribution in [0.1, 0.15) is 181 Å². The van der Waals surface area contributed by atoms with Crippen LogP contribution < -0.4 is 0 Å². The third-order valence-electron chi connectivity index (χ3n) is 8.11. The molecule has 0 heterocycles. The summed E-state index contributed by atoms with van der Waals surface area (Å²) in [4.78, 5) is 12.2. The van der Waals surface area contributed by atoms with Gasteiger partial charge in [-0.05, 0) is 70.6 Å². The summed E-state index contributed by atoms with van der Waals surface area (Å²) in [6, 6.07) is 0. The number of rotatable bonds is 35. The van der Waals surface area contributed by atoms with Crippen LogP contribution in [0.5, 0.6) is 0 Å². The van der Waals surface area contributed by atoms with Crippen molar-refractivity contribution >= 4 is 5.97 Å². The highest BCUT2D eigenvalue weighted by atomic mass is 16.6. The number of aliphatic hydroxyl groups is 1. The molecule has 4 nitrogen and oxygen atoms in total. The van der Waals surface area contributed by atoms with Gasteiger partial charge in [0.05, 0.1) is 13.2 Å². The fraction of sp³-hybridized carbons (Fsp3) is 0.780. The summed E-state index contributed by atoms with van der Waals surface area (Å²) in [6.07, 6.45) is 48.6. The van der Waals surface area contributed by atoms with Gasteiger partial charge in [0, 0.05) is 13.0 Å². The van der Waals surface area contributed by atoms with E-state index in [1.54, 1.807) is 0 Å². The highest BCUT2D eigenvalue weighted by Gasteiger charge is 2.13. The number of allylic oxidation sites excluding steroid dienone is 8. The number of ether oxygens (including phenoxy) is 2. The van der Waals surface area contributed by atoms with Gasteiger partial charge in [-0.3, -0.25) is 4.79 Å². The normalized spacial score (nSPS) is 12.9. The Morgan fingerprint density at radius 1 is 0.533 bits per heavy atom.